The van der Waals surface area contributed by atoms with Crippen LogP contribution in [-0.4, -0.2) is 24.2 Å². The van der Waals surface area contributed by atoms with Gasteiger partial charge in [0.25, 0.3) is 0 Å². The Kier molecular flexibility index (Phi) is 4.39. The third kappa shape index (κ3) is 3.11. The van der Waals surface area contributed by atoms with Crippen LogP contribution in [0.4, 0.5) is 0 Å². The molecule has 1 aromatic carbocycles. The van der Waals surface area contributed by atoms with E-state index in [0.29, 0.717) is 29.4 Å². The largest absolute Gasteiger partial charge is 0.493 e. The van der Waals surface area contributed by atoms with E-state index in [4.69, 9.17) is 32.6 Å². The molecular weight excluding hydrogens is 216 g/mol. The first kappa shape index (κ1) is 11.8. The maximum atomic E-state index is 8.60. The Morgan fingerprint density at radius 3 is 2.87 bits per heavy atom. The minimum absolute atomic E-state index is 0.0654. The summed E-state index contributed by atoms with van der Waals surface area (Å²) in [6, 6.07) is 5.07. The highest BCUT2D eigenvalue weighted by Crippen LogP contribution is 2.25. The van der Waals surface area contributed by atoms with Crippen LogP contribution in [0.25, 0.3) is 0 Å². The molecule has 0 aromatic heterocycles. The lowest BCUT2D eigenvalue weighted by molar-refractivity contribution is 0.233. The molecule has 0 fully saturated rings. The van der Waals surface area contributed by atoms with E-state index in [9.17, 15) is 0 Å². The predicted octanol–water partition coefficient (Wildman–Crippen LogP) is 1.39. The van der Waals surface area contributed by atoms with Gasteiger partial charge in [-0.3, -0.25) is 5.41 Å². The Labute approximate surface area is 93.1 Å². The van der Waals surface area contributed by atoms with Gasteiger partial charge in [0.1, 0.15) is 11.6 Å². The molecular formula is C10H13ClN2O2. The topological polar surface area (TPSA) is 79.3 Å². The second-order valence-electron chi connectivity index (χ2n) is 2.95. The number of ether oxygens (including phenoxy) is 1. The smallest absolute Gasteiger partial charge is 0.131 e. The SMILES string of the molecule is N=C(N)c1c(Cl)cccc1OCCCO. The zero-order chi connectivity index (χ0) is 11.3. The van der Waals surface area contributed by atoms with E-state index in [1.807, 2.05) is 0 Å². The number of amidine groups is 1. The van der Waals surface area contributed by atoms with E-state index < -0.39 is 0 Å². The van der Waals surface area contributed by atoms with E-state index >= 15 is 0 Å². The second-order valence-corrected chi connectivity index (χ2v) is 3.36. The molecule has 0 aliphatic carbocycles. The van der Waals surface area contributed by atoms with Crippen LogP contribution in [0.5, 0.6) is 5.75 Å². The van der Waals surface area contributed by atoms with Gasteiger partial charge in [0.2, 0.25) is 0 Å². The molecule has 0 spiro atoms. The fourth-order valence-corrected chi connectivity index (χ4v) is 1.40. The summed E-state index contributed by atoms with van der Waals surface area (Å²) in [5.41, 5.74) is 5.79. The van der Waals surface area contributed by atoms with Crippen molar-refractivity contribution in [2.75, 3.05) is 13.2 Å². The van der Waals surface area contributed by atoms with E-state index in [1.54, 1.807) is 18.2 Å². The quantitative estimate of drug-likeness (QED) is 0.405. The first-order valence-corrected chi connectivity index (χ1v) is 4.91. The number of benzene rings is 1. The maximum Gasteiger partial charge on any atom is 0.131 e. The lowest BCUT2D eigenvalue weighted by Crippen LogP contribution is -2.14. The van der Waals surface area contributed by atoms with Crippen LogP contribution in [0, 0.1) is 5.41 Å². The molecule has 0 amide bonds. The fourth-order valence-electron chi connectivity index (χ4n) is 1.13. The number of rotatable bonds is 5. The van der Waals surface area contributed by atoms with Gasteiger partial charge >= 0.3 is 0 Å². The average molecular weight is 229 g/mol. The lowest BCUT2D eigenvalue weighted by atomic mass is 10.2. The highest BCUT2D eigenvalue weighted by atomic mass is 35.5. The van der Waals surface area contributed by atoms with Gasteiger partial charge in [-0.05, 0) is 12.1 Å². The van der Waals surface area contributed by atoms with Crippen molar-refractivity contribution in [3.05, 3.63) is 28.8 Å². The van der Waals surface area contributed by atoms with Crippen LogP contribution < -0.4 is 10.5 Å². The van der Waals surface area contributed by atoms with Gasteiger partial charge in [-0.15, -0.1) is 0 Å². The van der Waals surface area contributed by atoms with Crippen molar-refractivity contribution in [1.29, 1.82) is 5.41 Å². The standard InChI is InChI=1S/C10H13ClN2O2/c11-7-3-1-4-8(9(7)10(12)13)15-6-2-5-14/h1,3-4,14H,2,5-6H2,(H3,12,13). The van der Waals surface area contributed by atoms with Crippen molar-refractivity contribution < 1.29 is 9.84 Å². The first-order valence-electron chi connectivity index (χ1n) is 4.53. The highest BCUT2D eigenvalue weighted by molar-refractivity contribution is 6.34. The van der Waals surface area contributed by atoms with E-state index in [2.05, 4.69) is 0 Å². The summed E-state index contributed by atoms with van der Waals surface area (Å²) in [6.07, 6.45) is 0.532. The molecule has 4 N–H and O–H groups in total. The third-order valence-corrected chi connectivity index (χ3v) is 2.12. The van der Waals surface area contributed by atoms with Crippen LogP contribution >= 0.6 is 11.6 Å². The number of aliphatic hydroxyl groups is 1. The molecule has 1 aromatic rings. The first-order chi connectivity index (χ1) is 7.16. The number of nitrogen functional groups attached to an aromatic ring is 1. The molecule has 0 atom stereocenters. The molecule has 15 heavy (non-hydrogen) atoms. The van der Waals surface area contributed by atoms with Crippen LogP contribution in [0.3, 0.4) is 0 Å². The van der Waals surface area contributed by atoms with Crippen LogP contribution in [0.2, 0.25) is 5.02 Å². The summed E-state index contributed by atoms with van der Waals surface area (Å²) in [5, 5.41) is 16.4. The van der Waals surface area contributed by atoms with Crippen molar-refractivity contribution in [3.8, 4) is 5.75 Å². The molecule has 0 unspecified atom stereocenters. The zero-order valence-corrected chi connectivity index (χ0v) is 8.92. The fraction of sp³-hybridized carbons (Fsp3) is 0.300. The highest BCUT2D eigenvalue weighted by Gasteiger charge is 2.10. The molecule has 4 nitrogen and oxygen atoms in total. The third-order valence-electron chi connectivity index (χ3n) is 1.80. The van der Waals surface area contributed by atoms with E-state index in [1.165, 1.54) is 0 Å². The second kappa shape index (κ2) is 5.58. The zero-order valence-electron chi connectivity index (χ0n) is 8.16. The van der Waals surface area contributed by atoms with Gasteiger partial charge in [-0.1, -0.05) is 17.7 Å². The number of nitrogens with one attached hydrogen (secondary N) is 1. The summed E-state index contributed by atoms with van der Waals surface area (Å²) in [6.45, 7) is 0.438. The van der Waals surface area contributed by atoms with Crippen molar-refractivity contribution in [2.45, 2.75) is 6.42 Å². The Bertz CT molecular complexity index is 355. The van der Waals surface area contributed by atoms with Gasteiger partial charge in [0, 0.05) is 13.0 Å². The average Bonchev–Trinajstić information content (AvgIpc) is 2.17. The number of hydrogen-bond donors (Lipinski definition) is 3. The van der Waals surface area contributed by atoms with Gasteiger partial charge in [0.05, 0.1) is 17.2 Å². The molecule has 82 valence electrons. The Morgan fingerprint density at radius 1 is 1.53 bits per heavy atom. The van der Waals surface area contributed by atoms with Crippen molar-refractivity contribution in [1.82, 2.24) is 0 Å². The number of nitrogens with two attached hydrogens (primary N) is 1. The summed E-state index contributed by atoms with van der Waals surface area (Å²) < 4.78 is 5.35. The molecule has 0 aliphatic rings. The number of aliphatic hydroxyl groups excluding tert-OH is 1. The summed E-state index contributed by atoms with van der Waals surface area (Å²) >= 11 is 5.89. The van der Waals surface area contributed by atoms with Crippen molar-refractivity contribution in [2.24, 2.45) is 5.73 Å². The minimum atomic E-state index is -0.125. The van der Waals surface area contributed by atoms with Gasteiger partial charge < -0.3 is 15.6 Å². The number of halogens is 1. The Morgan fingerprint density at radius 2 is 2.27 bits per heavy atom. The van der Waals surface area contributed by atoms with Gasteiger partial charge in [-0.25, -0.2) is 0 Å². The normalized spacial score (nSPS) is 10.0. The summed E-state index contributed by atoms with van der Waals surface area (Å²) in [4.78, 5) is 0. The maximum absolute atomic E-state index is 8.60. The minimum Gasteiger partial charge on any atom is -0.493 e. The lowest BCUT2D eigenvalue weighted by Gasteiger charge is -2.11. The monoisotopic (exact) mass is 228 g/mol. The Hall–Kier alpha value is -1.26. The van der Waals surface area contributed by atoms with Crippen LogP contribution in [0.1, 0.15) is 12.0 Å². The van der Waals surface area contributed by atoms with Crippen molar-refractivity contribution >= 4 is 17.4 Å². The molecule has 5 heteroatoms. The predicted molar refractivity (Wildman–Crippen MR) is 59.7 cm³/mol. The molecule has 1 rings (SSSR count). The number of hydrogen-bond acceptors (Lipinski definition) is 3. The Balaban J connectivity index is 2.86. The van der Waals surface area contributed by atoms with Crippen molar-refractivity contribution in [3.63, 3.8) is 0 Å². The molecule has 0 aliphatic heterocycles. The molecule has 0 radical (unpaired) electrons. The molecule has 0 heterocycles. The van der Waals surface area contributed by atoms with Gasteiger partial charge in [0.15, 0.2) is 0 Å². The van der Waals surface area contributed by atoms with Crippen LogP contribution in [0.15, 0.2) is 18.2 Å². The molecule has 0 bridgehead atoms. The van der Waals surface area contributed by atoms with E-state index in [0.717, 1.165) is 0 Å². The summed E-state index contributed by atoms with van der Waals surface area (Å²) in [7, 11) is 0. The van der Waals surface area contributed by atoms with Crippen LogP contribution in [-0.2, 0) is 0 Å². The summed E-state index contributed by atoms with van der Waals surface area (Å²) in [5.74, 6) is 0.350. The molecule has 0 saturated heterocycles. The van der Waals surface area contributed by atoms with Gasteiger partial charge in [-0.2, -0.15) is 0 Å². The molecule has 0 saturated carbocycles. The van der Waals surface area contributed by atoms with E-state index in [-0.39, 0.29) is 12.4 Å².